The van der Waals surface area contributed by atoms with Gasteiger partial charge in [-0.15, -0.1) is 0 Å². The van der Waals surface area contributed by atoms with Crippen LogP contribution in [0.2, 0.25) is 0 Å². The minimum Gasteiger partial charge on any atom is -0.469 e. The van der Waals surface area contributed by atoms with Crippen LogP contribution >= 0.6 is 0 Å². The van der Waals surface area contributed by atoms with E-state index in [0.29, 0.717) is 6.42 Å². The van der Waals surface area contributed by atoms with E-state index in [0.717, 1.165) is 10.1 Å². The molecule has 0 amide bonds. The molecule has 0 radical (unpaired) electrons. The molecular weight excluding hydrogens is 216 g/mol. The first-order chi connectivity index (χ1) is 6.92. The summed E-state index contributed by atoms with van der Waals surface area (Å²) in [5, 5.41) is 0. The van der Waals surface area contributed by atoms with Gasteiger partial charge in [-0.25, -0.2) is 0 Å². The van der Waals surface area contributed by atoms with E-state index in [2.05, 4.69) is 4.72 Å². The second kappa shape index (κ2) is 4.78. The Morgan fingerprint density at radius 3 is 2.67 bits per heavy atom. The van der Waals surface area contributed by atoms with Crippen molar-refractivity contribution in [2.75, 3.05) is 14.1 Å². The zero-order chi connectivity index (χ0) is 11.5. The molecular formula is C9H16N2O3S. The fraction of sp³-hybridized carbons (Fsp3) is 0.556. The highest BCUT2D eigenvalue weighted by Gasteiger charge is 2.17. The minimum absolute atomic E-state index is 0.191. The average molecular weight is 232 g/mol. The summed E-state index contributed by atoms with van der Waals surface area (Å²) in [5.74, 6) is 0.768. The Balaban J connectivity index is 2.53. The van der Waals surface area contributed by atoms with Crippen LogP contribution in [0.1, 0.15) is 12.7 Å². The Labute approximate surface area is 90.3 Å². The van der Waals surface area contributed by atoms with Crippen LogP contribution in [0.25, 0.3) is 0 Å². The van der Waals surface area contributed by atoms with Crippen LogP contribution in [0.5, 0.6) is 0 Å². The van der Waals surface area contributed by atoms with Crippen molar-refractivity contribution in [1.82, 2.24) is 9.03 Å². The largest absolute Gasteiger partial charge is 0.469 e. The lowest BCUT2D eigenvalue weighted by atomic mass is 10.2. The molecule has 0 saturated carbocycles. The molecule has 1 N–H and O–H groups in total. The van der Waals surface area contributed by atoms with Crippen LogP contribution in [0.3, 0.4) is 0 Å². The Morgan fingerprint density at radius 1 is 1.53 bits per heavy atom. The summed E-state index contributed by atoms with van der Waals surface area (Å²) < 4.78 is 31.7. The molecule has 15 heavy (non-hydrogen) atoms. The van der Waals surface area contributed by atoms with E-state index < -0.39 is 10.2 Å². The van der Waals surface area contributed by atoms with Gasteiger partial charge in [-0.3, -0.25) is 0 Å². The summed E-state index contributed by atoms with van der Waals surface area (Å²) in [5.41, 5.74) is 0. The van der Waals surface area contributed by atoms with Gasteiger partial charge in [0.15, 0.2) is 0 Å². The fourth-order valence-corrected chi connectivity index (χ4v) is 1.93. The number of nitrogens with zero attached hydrogens (tertiary/aromatic N) is 1. The van der Waals surface area contributed by atoms with Crippen LogP contribution in [0, 0.1) is 0 Å². The highest BCUT2D eigenvalue weighted by atomic mass is 32.2. The molecule has 0 bridgehead atoms. The average Bonchev–Trinajstić information content (AvgIpc) is 2.54. The first-order valence-electron chi connectivity index (χ1n) is 4.64. The molecule has 6 heteroatoms. The predicted molar refractivity (Wildman–Crippen MR) is 57.6 cm³/mol. The van der Waals surface area contributed by atoms with Crippen LogP contribution in [-0.4, -0.2) is 32.9 Å². The van der Waals surface area contributed by atoms with Crippen molar-refractivity contribution in [3.8, 4) is 0 Å². The normalized spacial score (nSPS) is 14.4. The topological polar surface area (TPSA) is 62.6 Å². The molecule has 1 atom stereocenters. The van der Waals surface area contributed by atoms with E-state index in [-0.39, 0.29) is 6.04 Å². The van der Waals surface area contributed by atoms with Gasteiger partial charge in [0.05, 0.1) is 6.26 Å². The second-order valence-electron chi connectivity index (χ2n) is 3.59. The van der Waals surface area contributed by atoms with E-state index in [1.165, 1.54) is 14.1 Å². The van der Waals surface area contributed by atoms with E-state index in [1.54, 1.807) is 19.3 Å². The first kappa shape index (κ1) is 12.2. The fourth-order valence-electron chi connectivity index (χ4n) is 1.13. The van der Waals surface area contributed by atoms with Crippen molar-refractivity contribution >= 4 is 10.2 Å². The molecule has 1 aromatic rings. The number of rotatable bonds is 5. The van der Waals surface area contributed by atoms with Gasteiger partial charge in [0.25, 0.3) is 10.2 Å². The third-order valence-corrected chi connectivity index (χ3v) is 3.58. The zero-order valence-electron chi connectivity index (χ0n) is 9.10. The van der Waals surface area contributed by atoms with Crippen molar-refractivity contribution in [3.05, 3.63) is 24.2 Å². The standard InChI is InChI=1S/C9H16N2O3S/c1-8(7-9-5-4-6-14-9)10-15(12,13)11(2)3/h4-6,8,10H,7H2,1-3H3/t8-/m0/s1. The summed E-state index contributed by atoms with van der Waals surface area (Å²) in [6.07, 6.45) is 2.11. The Hall–Kier alpha value is -0.850. The van der Waals surface area contributed by atoms with Crippen molar-refractivity contribution in [3.63, 3.8) is 0 Å². The van der Waals surface area contributed by atoms with E-state index in [9.17, 15) is 8.42 Å². The maximum Gasteiger partial charge on any atom is 0.279 e. The molecule has 0 aliphatic rings. The summed E-state index contributed by atoms with van der Waals surface area (Å²) in [4.78, 5) is 0. The molecule has 0 aliphatic heterocycles. The quantitative estimate of drug-likeness (QED) is 0.809. The Morgan fingerprint density at radius 2 is 2.20 bits per heavy atom. The molecule has 86 valence electrons. The lowest BCUT2D eigenvalue weighted by Crippen LogP contribution is -2.41. The summed E-state index contributed by atoms with van der Waals surface area (Å²) >= 11 is 0. The molecule has 1 rings (SSSR count). The number of nitrogens with one attached hydrogen (secondary N) is 1. The van der Waals surface area contributed by atoms with Gasteiger partial charge in [0, 0.05) is 26.6 Å². The first-order valence-corrected chi connectivity index (χ1v) is 6.08. The third-order valence-electron chi connectivity index (χ3n) is 1.92. The molecule has 1 heterocycles. The molecule has 0 fully saturated rings. The molecule has 0 aliphatic carbocycles. The Kier molecular flexibility index (Phi) is 3.90. The second-order valence-corrected chi connectivity index (χ2v) is 5.51. The third kappa shape index (κ3) is 3.65. The number of hydrogen-bond acceptors (Lipinski definition) is 3. The smallest absolute Gasteiger partial charge is 0.279 e. The molecule has 0 aromatic carbocycles. The molecule has 1 aromatic heterocycles. The van der Waals surface area contributed by atoms with Crippen molar-refractivity contribution in [2.24, 2.45) is 0 Å². The van der Waals surface area contributed by atoms with Crippen molar-refractivity contribution in [2.45, 2.75) is 19.4 Å². The van der Waals surface area contributed by atoms with Crippen molar-refractivity contribution in [1.29, 1.82) is 0 Å². The molecule has 5 nitrogen and oxygen atoms in total. The highest BCUT2D eigenvalue weighted by molar-refractivity contribution is 7.87. The lowest BCUT2D eigenvalue weighted by Gasteiger charge is -2.16. The van der Waals surface area contributed by atoms with E-state index >= 15 is 0 Å². The van der Waals surface area contributed by atoms with Gasteiger partial charge in [-0.2, -0.15) is 17.4 Å². The zero-order valence-corrected chi connectivity index (χ0v) is 9.91. The number of hydrogen-bond donors (Lipinski definition) is 1. The van der Waals surface area contributed by atoms with Gasteiger partial charge in [-0.1, -0.05) is 0 Å². The number of furan rings is 1. The van der Waals surface area contributed by atoms with Gasteiger partial charge in [0.2, 0.25) is 0 Å². The van der Waals surface area contributed by atoms with E-state index in [1.807, 2.05) is 6.07 Å². The Bertz CT molecular complexity index is 383. The van der Waals surface area contributed by atoms with Gasteiger partial charge in [-0.05, 0) is 19.1 Å². The molecule has 0 spiro atoms. The van der Waals surface area contributed by atoms with Gasteiger partial charge in [0.1, 0.15) is 5.76 Å². The summed E-state index contributed by atoms with van der Waals surface area (Å²) in [6, 6.07) is 3.41. The van der Waals surface area contributed by atoms with Crippen LogP contribution in [0.15, 0.2) is 22.8 Å². The maximum absolute atomic E-state index is 11.5. The predicted octanol–water partition coefficient (Wildman–Crippen LogP) is 0.607. The molecule has 0 saturated heterocycles. The van der Waals surface area contributed by atoms with Crippen LogP contribution in [0.4, 0.5) is 0 Å². The minimum atomic E-state index is -3.36. The summed E-state index contributed by atoms with van der Waals surface area (Å²) in [6.45, 7) is 1.80. The van der Waals surface area contributed by atoms with Crippen molar-refractivity contribution < 1.29 is 12.8 Å². The maximum atomic E-state index is 11.5. The monoisotopic (exact) mass is 232 g/mol. The van der Waals surface area contributed by atoms with Crippen LogP contribution < -0.4 is 4.72 Å². The van der Waals surface area contributed by atoms with Gasteiger partial charge < -0.3 is 4.42 Å². The van der Waals surface area contributed by atoms with Crippen LogP contribution in [-0.2, 0) is 16.6 Å². The molecule has 0 unspecified atom stereocenters. The van der Waals surface area contributed by atoms with E-state index in [4.69, 9.17) is 4.42 Å². The summed E-state index contributed by atoms with van der Waals surface area (Å²) in [7, 11) is -0.383. The highest BCUT2D eigenvalue weighted by Crippen LogP contribution is 2.05. The SMILES string of the molecule is C[C@@H](Cc1ccco1)NS(=O)(=O)N(C)C. The van der Waals surface area contributed by atoms with Gasteiger partial charge >= 0.3 is 0 Å². The lowest BCUT2D eigenvalue weighted by molar-refractivity contribution is 0.462.